The number of hydrogen-bond acceptors (Lipinski definition) is 3. The molecule has 0 radical (unpaired) electrons. The molecule has 0 saturated heterocycles. The molecule has 18 heavy (non-hydrogen) atoms. The van der Waals surface area contributed by atoms with Gasteiger partial charge in [0.05, 0.1) is 6.61 Å². The van der Waals surface area contributed by atoms with Gasteiger partial charge in [0, 0.05) is 23.4 Å². The van der Waals surface area contributed by atoms with Crippen molar-refractivity contribution in [3.05, 3.63) is 29.3 Å². The second-order valence-electron chi connectivity index (χ2n) is 4.94. The minimum absolute atomic E-state index is 0.437. The first-order valence-corrected chi connectivity index (χ1v) is 6.43. The van der Waals surface area contributed by atoms with Crippen LogP contribution in [-0.2, 0) is 11.3 Å². The van der Waals surface area contributed by atoms with Crippen molar-refractivity contribution >= 4 is 11.6 Å². The molecule has 98 valence electrons. The van der Waals surface area contributed by atoms with E-state index in [2.05, 4.69) is 0 Å². The Kier molecular flexibility index (Phi) is 4.20. The Bertz CT molecular complexity index is 426. The average Bonchev–Trinajstić information content (AvgIpc) is 2.84. The molecule has 2 rings (SSSR count). The van der Waals surface area contributed by atoms with Gasteiger partial charge in [-0.1, -0.05) is 18.9 Å². The molecule has 0 aromatic heterocycles. The molecule has 4 heteroatoms. The lowest BCUT2D eigenvalue weighted by molar-refractivity contribution is 0.0891. The maximum absolute atomic E-state index is 11.0. The standard InChI is InChI=1S/C14H20N2O2/c15-13-7-11(14(16)17)5-6-12(13)9-18-8-10-3-1-2-4-10/h5-7,10H,1-4,8-9,15H2,(H2,16,17). The minimum atomic E-state index is -0.458. The molecule has 1 fully saturated rings. The van der Waals surface area contributed by atoms with Gasteiger partial charge >= 0.3 is 0 Å². The van der Waals surface area contributed by atoms with Gasteiger partial charge in [0.15, 0.2) is 0 Å². The number of benzene rings is 1. The molecule has 1 aliphatic rings. The van der Waals surface area contributed by atoms with Crippen LogP contribution in [0.3, 0.4) is 0 Å². The highest BCUT2D eigenvalue weighted by molar-refractivity contribution is 5.93. The molecule has 0 atom stereocenters. The number of ether oxygens (including phenoxy) is 1. The third-order valence-corrected chi connectivity index (χ3v) is 3.52. The van der Waals surface area contributed by atoms with Crippen LogP contribution in [0.25, 0.3) is 0 Å². The van der Waals surface area contributed by atoms with Crippen LogP contribution in [0.4, 0.5) is 5.69 Å². The second-order valence-corrected chi connectivity index (χ2v) is 4.94. The molecule has 4 N–H and O–H groups in total. The summed E-state index contributed by atoms with van der Waals surface area (Å²) in [6.45, 7) is 1.30. The molecule has 1 amide bonds. The Morgan fingerprint density at radius 1 is 1.33 bits per heavy atom. The monoisotopic (exact) mass is 248 g/mol. The first-order valence-electron chi connectivity index (χ1n) is 6.43. The number of nitrogen functional groups attached to an aromatic ring is 1. The topological polar surface area (TPSA) is 78.3 Å². The van der Waals surface area contributed by atoms with Crippen molar-refractivity contribution in [2.24, 2.45) is 11.7 Å². The van der Waals surface area contributed by atoms with E-state index in [1.165, 1.54) is 25.7 Å². The summed E-state index contributed by atoms with van der Waals surface area (Å²) in [6.07, 6.45) is 5.19. The van der Waals surface area contributed by atoms with E-state index in [0.717, 1.165) is 12.2 Å². The molecule has 4 nitrogen and oxygen atoms in total. The van der Waals surface area contributed by atoms with Crippen LogP contribution in [0.1, 0.15) is 41.6 Å². The van der Waals surface area contributed by atoms with E-state index in [4.69, 9.17) is 16.2 Å². The summed E-state index contributed by atoms with van der Waals surface area (Å²) >= 11 is 0. The minimum Gasteiger partial charge on any atom is -0.398 e. The summed E-state index contributed by atoms with van der Waals surface area (Å²) < 4.78 is 5.69. The van der Waals surface area contributed by atoms with Gasteiger partial charge in [0.1, 0.15) is 0 Å². The van der Waals surface area contributed by atoms with Gasteiger partial charge in [-0.05, 0) is 30.9 Å². The van der Waals surface area contributed by atoms with Crippen LogP contribution in [0, 0.1) is 5.92 Å². The van der Waals surface area contributed by atoms with E-state index < -0.39 is 5.91 Å². The average molecular weight is 248 g/mol. The Hall–Kier alpha value is -1.55. The molecule has 0 aliphatic heterocycles. The van der Waals surface area contributed by atoms with Crippen molar-refractivity contribution < 1.29 is 9.53 Å². The predicted molar refractivity (Wildman–Crippen MR) is 71.0 cm³/mol. The summed E-state index contributed by atoms with van der Waals surface area (Å²) in [5.41, 5.74) is 13.0. The number of carbonyl (C=O) groups is 1. The lowest BCUT2D eigenvalue weighted by atomic mass is 10.1. The highest BCUT2D eigenvalue weighted by atomic mass is 16.5. The van der Waals surface area contributed by atoms with E-state index >= 15 is 0 Å². The van der Waals surface area contributed by atoms with Crippen molar-refractivity contribution in [3.8, 4) is 0 Å². The zero-order valence-corrected chi connectivity index (χ0v) is 10.5. The highest BCUT2D eigenvalue weighted by Crippen LogP contribution is 2.25. The van der Waals surface area contributed by atoms with E-state index in [-0.39, 0.29) is 0 Å². The normalized spacial score (nSPS) is 16.0. The third-order valence-electron chi connectivity index (χ3n) is 3.52. The quantitative estimate of drug-likeness (QED) is 0.783. The molecule has 1 aliphatic carbocycles. The lowest BCUT2D eigenvalue weighted by Crippen LogP contribution is -2.12. The van der Waals surface area contributed by atoms with Crippen molar-refractivity contribution in [3.63, 3.8) is 0 Å². The Balaban J connectivity index is 1.87. The molecule has 0 heterocycles. The smallest absolute Gasteiger partial charge is 0.248 e. The van der Waals surface area contributed by atoms with E-state index in [1.54, 1.807) is 12.1 Å². The number of primary amides is 1. The molecule has 1 aromatic rings. The summed E-state index contributed by atoms with van der Waals surface area (Å²) in [4.78, 5) is 11.0. The fourth-order valence-electron chi connectivity index (χ4n) is 2.39. The molecule has 0 bridgehead atoms. The molecule has 0 unspecified atom stereocenters. The number of hydrogen-bond donors (Lipinski definition) is 2. The van der Waals surface area contributed by atoms with Gasteiger partial charge in [-0.25, -0.2) is 0 Å². The number of rotatable bonds is 5. The summed E-state index contributed by atoms with van der Waals surface area (Å²) in [6, 6.07) is 5.10. The SMILES string of the molecule is NC(=O)c1ccc(COCC2CCCC2)c(N)c1. The lowest BCUT2D eigenvalue weighted by Gasteiger charge is -2.11. The Labute approximate surface area is 107 Å². The van der Waals surface area contributed by atoms with E-state index in [0.29, 0.717) is 23.8 Å². The van der Waals surface area contributed by atoms with Gasteiger partial charge in [-0.2, -0.15) is 0 Å². The zero-order valence-electron chi connectivity index (χ0n) is 10.5. The number of anilines is 1. The molecule has 1 saturated carbocycles. The van der Waals surface area contributed by atoms with Crippen molar-refractivity contribution in [2.45, 2.75) is 32.3 Å². The van der Waals surface area contributed by atoms with Crippen molar-refractivity contribution in [1.29, 1.82) is 0 Å². The van der Waals surface area contributed by atoms with Gasteiger partial charge < -0.3 is 16.2 Å². The highest BCUT2D eigenvalue weighted by Gasteiger charge is 2.15. The van der Waals surface area contributed by atoms with Gasteiger partial charge in [-0.3, -0.25) is 4.79 Å². The van der Waals surface area contributed by atoms with Crippen LogP contribution >= 0.6 is 0 Å². The second kappa shape index (κ2) is 5.87. The number of carbonyl (C=O) groups excluding carboxylic acids is 1. The Morgan fingerprint density at radius 2 is 2.06 bits per heavy atom. The van der Waals surface area contributed by atoms with Crippen LogP contribution in [-0.4, -0.2) is 12.5 Å². The van der Waals surface area contributed by atoms with Crippen molar-refractivity contribution in [2.75, 3.05) is 12.3 Å². The Morgan fingerprint density at radius 3 is 2.67 bits per heavy atom. The summed E-state index contributed by atoms with van der Waals surface area (Å²) in [5, 5.41) is 0. The summed E-state index contributed by atoms with van der Waals surface area (Å²) in [7, 11) is 0. The largest absolute Gasteiger partial charge is 0.398 e. The number of nitrogens with two attached hydrogens (primary N) is 2. The van der Waals surface area contributed by atoms with Crippen molar-refractivity contribution in [1.82, 2.24) is 0 Å². The van der Waals surface area contributed by atoms with Crippen LogP contribution in [0.2, 0.25) is 0 Å². The zero-order chi connectivity index (χ0) is 13.0. The maximum atomic E-state index is 11.0. The van der Waals surface area contributed by atoms with E-state index in [9.17, 15) is 4.79 Å². The molecule has 1 aromatic carbocycles. The molecular formula is C14H20N2O2. The maximum Gasteiger partial charge on any atom is 0.248 e. The van der Waals surface area contributed by atoms with Gasteiger partial charge in [0.25, 0.3) is 0 Å². The fourth-order valence-corrected chi connectivity index (χ4v) is 2.39. The molecule has 0 spiro atoms. The van der Waals surface area contributed by atoms with Gasteiger partial charge in [-0.15, -0.1) is 0 Å². The van der Waals surface area contributed by atoms with Crippen LogP contribution < -0.4 is 11.5 Å². The first-order chi connectivity index (χ1) is 8.66. The van der Waals surface area contributed by atoms with Crippen LogP contribution in [0.15, 0.2) is 18.2 Å². The predicted octanol–water partition coefficient (Wildman–Crippen LogP) is 2.07. The fraction of sp³-hybridized carbons (Fsp3) is 0.500. The van der Waals surface area contributed by atoms with Crippen LogP contribution in [0.5, 0.6) is 0 Å². The molecular weight excluding hydrogens is 228 g/mol. The third kappa shape index (κ3) is 3.23. The van der Waals surface area contributed by atoms with E-state index in [1.807, 2.05) is 6.07 Å². The summed E-state index contributed by atoms with van der Waals surface area (Å²) in [5.74, 6) is 0.247. The van der Waals surface area contributed by atoms with Gasteiger partial charge in [0.2, 0.25) is 5.91 Å². The number of amides is 1. The first kappa shape index (κ1) is 12.9.